The molecule has 0 atom stereocenters. The molecule has 3 nitrogen and oxygen atoms in total. The molecule has 4 rings (SSSR count). The number of thiophene rings is 1. The number of hydrogen-bond acceptors (Lipinski definition) is 4. The third-order valence-electron chi connectivity index (χ3n) is 4.34. The number of pyridine rings is 1. The molecule has 106 valence electrons. The maximum atomic E-state index is 9.51. The van der Waals surface area contributed by atoms with Gasteiger partial charge in [0.15, 0.2) is 0 Å². The Bertz CT molecular complexity index is 696. The van der Waals surface area contributed by atoms with Crippen molar-refractivity contribution in [1.29, 1.82) is 5.26 Å². The molecule has 0 N–H and O–H groups in total. The van der Waals surface area contributed by atoms with Crippen LogP contribution in [-0.4, -0.2) is 11.0 Å². The predicted octanol–water partition coefficient (Wildman–Crippen LogP) is 3.67. The van der Waals surface area contributed by atoms with Gasteiger partial charge in [-0.2, -0.15) is 16.6 Å². The van der Waals surface area contributed by atoms with Crippen molar-refractivity contribution >= 4 is 17.2 Å². The summed E-state index contributed by atoms with van der Waals surface area (Å²) in [5.74, 6) is 0.909. The largest absolute Gasteiger partial charge is 0.348 e. The summed E-state index contributed by atoms with van der Waals surface area (Å²) >= 11 is 1.73. The van der Waals surface area contributed by atoms with Crippen molar-refractivity contribution in [3.8, 4) is 6.07 Å². The van der Waals surface area contributed by atoms with Crippen LogP contribution in [0.4, 0.5) is 5.82 Å². The van der Waals surface area contributed by atoms with Gasteiger partial charge in [0.05, 0.1) is 5.56 Å². The zero-order chi connectivity index (χ0) is 14.2. The molecule has 0 unspecified atom stereocenters. The Hall–Kier alpha value is -1.86. The normalized spacial score (nSPS) is 16.5. The van der Waals surface area contributed by atoms with Crippen LogP contribution in [0.2, 0.25) is 0 Å². The summed E-state index contributed by atoms with van der Waals surface area (Å²) in [7, 11) is 0. The van der Waals surface area contributed by atoms with E-state index >= 15 is 0 Å². The van der Waals surface area contributed by atoms with Gasteiger partial charge in [-0.05, 0) is 66.1 Å². The maximum absolute atomic E-state index is 9.51. The fraction of sp³-hybridized carbons (Fsp3) is 0.412. The quantitative estimate of drug-likeness (QED) is 0.864. The zero-order valence-electron chi connectivity index (χ0n) is 11.9. The highest BCUT2D eigenvalue weighted by Gasteiger charge is 2.32. The van der Waals surface area contributed by atoms with E-state index in [-0.39, 0.29) is 0 Å². The molecule has 4 heteroatoms. The van der Waals surface area contributed by atoms with E-state index in [2.05, 4.69) is 33.9 Å². The van der Waals surface area contributed by atoms with Crippen molar-refractivity contribution in [2.24, 2.45) is 0 Å². The van der Waals surface area contributed by atoms with Gasteiger partial charge in [-0.25, -0.2) is 4.98 Å². The standard InChI is InChI=1S/C17H17N3S/c18-9-14-8-13-2-1-3-16(13)19-17(14)20(15-4-5-15)10-12-6-7-21-11-12/h6-8,11,15H,1-5,10H2. The summed E-state index contributed by atoms with van der Waals surface area (Å²) in [4.78, 5) is 7.22. The number of rotatable bonds is 4. The number of aryl methyl sites for hydroxylation is 2. The van der Waals surface area contributed by atoms with Gasteiger partial charge in [0.25, 0.3) is 0 Å². The van der Waals surface area contributed by atoms with Crippen LogP contribution >= 0.6 is 11.3 Å². The lowest BCUT2D eigenvalue weighted by atomic mass is 10.1. The van der Waals surface area contributed by atoms with Gasteiger partial charge in [-0.3, -0.25) is 0 Å². The predicted molar refractivity (Wildman–Crippen MR) is 84.5 cm³/mol. The first kappa shape index (κ1) is 12.8. The Balaban J connectivity index is 1.74. The van der Waals surface area contributed by atoms with Crippen LogP contribution in [0.15, 0.2) is 22.9 Å². The Morgan fingerprint density at radius 3 is 3.00 bits per heavy atom. The SMILES string of the molecule is N#Cc1cc2c(nc1N(Cc1ccsc1)C1CC1)CCC2. The van der Waals surface area contributed by atoms with Gasteiger partial charge in [0.1, 0.15) is 11.9 Å². The second-order valence-corrected chi connectivity index (χ2v) is 6.70. The van der Waals surface area contributed by atoms with Crippen LogP contribution < -0.4 is 4.90 Å². The van der Waals surface area contributed by atoms with Gasteiger partial charge in [-0.15, -0.1) is 0 Å². The van der Waals surface area contributed by atoms with Crippen LogP contribution in [0, 0.1) is 11.3 Å². The first-order valence-electron chi connectivity index (χ1n) is 7.56. The number of anilines is 1. The smallest absolute Gasteiger partial charge is 0.147 e. The van der Waals surface area contributed by atoms with Crippen molar-refractivity contribution in [2.45, 2.75) is 44.7 Å². The molecule has 0 radical (unpaired) electrons. The highest BCUT2D eigenvalue weighted by molar-refractivity contribution is 7.07. The number of nitrogens with zero attached hydrogens (tertiary/aromatic N) is 3. The van der Waals surface area contributed by atoms with E-state index in [9.17, 15) is 5.26 Å². The first-order valence-corrected chi connectivity index (χ1v) is 8.50. The summed E-state index contributed by atoms with van der Waals surface area (Å²) < 4.78 is 0. The molecular formula is C17H17N3S. The summed E-state index contributed by atoms with van der Waals surface area (Å²) in [5, 5.41) is 13.8. The molecule has 2 aliphatic rings. The lowest BCUT2D eigenvalue weighted by Gasteiger charge is -2.25. The Morgan fingerprint density at radius 2 is 2.29 bits per heavy atom. The number of hydrogen-bond donors (Lipinski definition) is 0. The van der Waals surface area contributed by atoms with Gasteiger partial charge in [0, 0.05) is 18.3 Å². The van der Waals surface area contributed by atoms with Crippen molar-refractivity contribution in [1.82, 2.24) is 4.98 Å². The summed E-state index contributed by atoms with van der Waals surface area (Å²) in [5.41, 5.74) is 4.55. The zero-order valence-corrected chi connectivity index (χ0v) is 12.7. The molecular weight excluding hydrogens is 278 g/mol. The average molecular weight is 295 g/mol. The van der Waals surface area contributed by atoms with E-state index in [4.69, 9.17) is 4.98 Å². The summed E-state index contributed by atoms with van der Waals surface area (Å²) in [6.07, 6.45) is 5.74. The second kappa shape index (κ2) is 5.16. The van der Waals surface area contributed by atoms with Crippen molar-refractivity contribution in [3.05, 3.63) is 45.3 Å². The minimum absolute atomic E-state index is 0.559. The van der Waals surface area contributed by atoms with Crippen molar-refractivity contribution in [2.75, 3.05) is 4.90 Å². The van der Waals surface area contributed by atoms with E-state index in [1.54, 1.807) is 11.3 Å². The van der Waals surface area contributed by atoms with E-state index < -0.39 is 0 Å². The van der Waals surface area contributed by atoms with Crippen molar-refractivity contribution < 1.29 is 0 Å². The monoisotopic (exact) mass is 295 g/mol. The summed E-state index contributed by atoms with van der Waals surface area (Å²) in [6.45, 7) is 0.870. The second-order valence-electron chi connectivity index (χ2n) is 5.92. The van der Waals surface area contributed by atoms with Gasteiger partial charge in [0.2, 0.25) is 0 Å². The fourth-order valence-electron chi connectivity index (χ4n) is 3.10. The number of nitriles is 1. The maximum Gasteiger partial charge on any atom is 0.147 e. The highest BCUT2D eigenvalue weighted by atomic mass is 32.1. The van der Waals surface area contributed by atoms with Gasteiger partial charge >= 0.3 is 0 Å². The van der Waals surface area contributed by atoms with Gasteiger partial charge in [-0.1, -0.05) is 0 Å². The molecule has 2 aromatic rings. The van der Waals surface area contributed by atoms with Crippen LogP contribution in [0.1, 0.15) is 41.6 Å². The first-order chi connectivity index (χ1) is 10.3. The molecule has 2 heterocycles. The molecule has 2 aliphatic carbocycles. The molecule has 0 amide bonds. The molecule has 1 fully saturated rings. The number of fused-ring (bicyclic) bond motifs is 1. The van der Waals surface area contributed by atoms with E-state index in [0.29, 0.717) is 6.04 Å². The molecule has 0 aromatic carbocycles. The fourth-order valence-corrected chi connectivity index (χ4v) is 3.76. The average Bonchev–Trinajstić information content (AvgIpc) is 3.02. The van der Waals surface area contributed by atoms with Crippen molar-refractivity contribution in [3.63, 3.8) is 0 Å². The molecule has 1 saturated carbocycles. The van der Waals surface area contributed by atoms with E-state index in [0.717, 1.165) is 30.8 Å². The van der Waals surface area contributed by atoms with Gasteiger partial charge < -0.3 is 4.90 Å². The molecule has 0 aliphatic heterocycles. The third kappa shape index (κ3) is 2.43. The lowest BCUT2D eigenvalue weighted by molar-refractivity contribution is 0.773. The van der Waals surface area contributed by atoms with Crippen LogP contribution in [0.25, 0.3) is 0 Å². The topological polar surface area (TPSA) is 39.9 Å². The molecule has 0 saturated heterocycles. The minimum atomic E-state index is 0.559. The Kier molecular flexibility index (Phi) is 3.16. The third-order valence-corrected chi connectivity index (χ3v) is 5.08. The van der Waals surface area contributed by atoms with Crippen LogP contribution in [0.3, 0.4) is 0 Å². The highest BCUT2D eigenvalue weighted by Crippen LogP contribution is 2.36. The van der Waals surface area contributed by atoms with E-state index in [1.165, 1.54) is 36.1 Å². The summed E-state index contributed by atoms with van der Waals surface area (Å²) in [6, 6.07) is 7.17. The van der Waals surface area contributed by atoms with Crippen LogP contribution in [0.5, 0.6) is 0 Å². The molecule has 0 spiro atoms. The lowest BCUT2D eigenvalue weighted by Crippen LogP contribution is -2.27. The number of aromatic nitrogens is 1. The van der Waals surface area contributed by atoms with E-state index in [1.807, 2.05) is 0 Å². The Morgan fingerprint density at radius 1 is 1.38 bits per heavy atom. The molecule has 2 aromatic heterocycles. The van der Waals surface area contributed by atoms with Crippen LogP contribution in [-0.2, 0) is 19.4 Å². The Labute approximate surface area is 128 Å². The minimum Gasteiger partial charge on any atom is -0.348 e. The molecule has 0 bridgehead atoms. The molecule has 21 heavy (non-hydrogen) atoms.